The normalized spacial score (nSPS) is 18.0. The molecule has 6 nitrogen and oxygen atoms in total. The molecule has 2 N–H and O–H groups in total. The van der Waals surface area contributed by atoms with E-state index in [1.807, 2.05) is 20.8 Å². The Hall–Kier alpha value is -1.30. The number of carbonyl (C=O) groups is 2. The highest BCUT2D eigenvalue weighted by molar-refractivity contribution is 5.77. The summed E-state index contributed by atoms with van der Waals surface area (Å²) < 4.78 is 5.15. The number of hydrogen-bond donors (Lipinski definition) is 2. The molecule has 0 unspecified atom stereocenters. The second kappa shape index (κ2) is 10.00. The third-order valence-corrected chi connectivity index (χ3v) is 4.59. The number of ether oxygens (including phenoxy) is 1. The molecule has 2 amide bonds. The molecule has 1 fully saturated rings. The predicted octanol–water partition coefficient (Wildman–Crippen LogP) is 2.77. The van der Waals surface area contributed by atoms with Crippen molar-refractivity contribution in [2.24, 2.45) is 11.8 Å². The van der Waals surface area contributed by atoms with E-state index in [4.69, 9.17) is 4.74 Å². The van der Waals surface area contributed by atoms with Gasteiger partial charge in [0.15, 0.2) is 0 Å². The second-order valence-corrected chi connectivity index (χ2v) is 8.51. The second-order valence-electron chi connectivity index (χ2n) is 8.51. The lowest BCUT2D eigenvalue weighted by molar-refractivity contribution is -0.121. The predicted molar refractivity (Wildman–Crippen MR) is 100 cm³/mol. The molecule has 0 radical (unpaired) electrons. The van der Waals surface area contributed by atoms with Crippen LogP contribution in [0.5, 0.6) is 0 Å². The molecule has 0 saturated carbocycles. The number of nitrogens with zero attached hydrogens (tertiary/aromatic N) is 1. The lowest BCUT2D eigenvalue weighted by Crippen LogP contribution is -2.49. The van der Waals surface area contributed by atoms with Gasteiger partial charge in [-0.2, -0.15) is 0 Å². The van der Waals surface area contributed by atoms with Crippen molar-refractivity contribution < 1.29 is 14.3 Å². The summed E-state index contributed by atoms with van der Waals surface area (Å²) in [6.07, 6.45) is 2.25. The van der Waals surface area contributed by atoms with Gasteiger partial charge in [0.05, 0.1) is 0 Å². The number of hydrogen-bond acceptors (Lipinski definition) is 4. The molecule has 1 heterocycles. The molecule has 1 aliphatic rings. The fourth-order valence-electron chi connectivity index (χ4n) is 3.05. The molecule has 146 valence electrons. The Labute approximate surface area is 153 Å². The van der Waals surface area contributed by atoms with Crippen molar-refractivity contribution >= 4 is 12.0 Å². The van der Waals surface area contributed by atoms with Gasteiger partial charge in [-0.25, -0.2) is 4.79 Å². The maximum absolute atomic E-state index is 12.0. The van der Waals surface area contributed by atoms with E-state index in [1.54, 1.807) is 0 Å². The molecule has 25 heavy (non-hydrogen) atoms. The molecule has 0 spiro atoms. The average molecular weight is 356 g/mol. The fraction of sp³-hybridized carbons (Fsp3) is 0.895. The minimum Gasteiger partial charge on any atom is -0.444 e. The van der Waals surface area contributed by atoms with Crippen molar-refractivity contribution in [2.45, 2.75) is 72.4 Å². The molecule has 6 heteroatoms. The Kier molecular flexibility index (Phi) is 8.69. The van der Waals surface area contributed by atoms with Gasteiger partial charge in [0.25, 0.3) is 0 Å². The average Bonchev–Trinajstić information content (AvgIpc) is 2.47. The van der Waals surface area contributed by atoms with Gasteiger partial charge in [0.1, 0.15) is 5.60 Å². The highest BCUT2D eigenvalue weighted by Crippen LogP contribution is 2.21. The quantitative estimate of drug-likeness (QED) is 0.737. The number of alkyl carbamates (subject to hydrolysis) is 1. The van der Waals surface area contributed by atoms with Gasteiger partial charge < -0.3 is 15.4 Å². The third kappa shape index (κ3) is 9.10. The monoisotopic (exact) mass is 355 g/mol. The zero-order chi connectivity index (χ0) is 19.0. The molecule has 0 aliphatic carbocycles. The number of piperidine rings is 1. The van der Waals surface area contributed by atoms with Crippen LogP contribution in [0.4, 0.5) is 4.79 Å². The topological polar surface area (TPSA) is 70.7 Å². The van der Waals surface area contributed by atoms with Gasteiger partial charge in [-0.15, -0.1) is 0 Å². The first-order valence-electron chi connectivity index (χ1n) is 9.56. The lowest BCUT2D eigenvalue weighted by atomic mass is 9.94. The van der Waals surface area contributed by atoms with Crippen molar-refractivity contribution in [2.75, 3.05) is 26.2 Å². The van der Waals surface area contributed by atoms with Gasteiger partial charge in [-0.3, -0.25) is 9.69 Å². The van der Waals surface area contributed by atoms with Crippen molar-refractivity contribution in [3.8, 4) is 0 Å². The summed E-state index contributed by atoms with van der Waals surface area (Å²) in [5, 5.41) is 5.64. The Morgan fingerprint density at radius 2 is 1.76 bits per heavy atom. The molecular weight excluding hydrogens is 318 g/mol. The van der Waals surface area contributed by atoms with E-state index in [0.29, 0.717) is 18.5 Å². The largest absolute Gasteiger partial charge is 0.444 e. The third-order valence-electron chi connectivity index (χ3n) is 4.59. The number of likely N-dealkylation sites (tertiary alicyclic amines) is 1. The van der Waals surface area contributed by atoms with Crippen LogP contribution in [0.15, 0.2) is 0 Å². The summed E-state index contributed by atoms with van der Waals surface area (Å²) in [6.45, 7) is 15.3. The Bertz CT molecular complexity index is 424. The van der Waals surface area contributed by atoms with Crippen LogP contribution in [0.2, 0.25) is 0 Å². The molecule has 0 aromatic rings. The van der Waals surface area contributed by atoms with Gasteiger partial charge in [-0.1, -0.05) is 20.8 Å². The van der Waals surface area contributed by atoms with Gasteiger partial charge in [-0.05, 0) is 58.5 Å². The summed E-state index contributed by atoms with van der Waals surface area (Å²) in [5.41, 5.74) is -0.525. The first-order chi connectivity index (χ1) is 11.6. The Morgan fingerprint density at radius 1 is 1.16 bits per heavy atom. The first kappa shape index (κ1) is 21.7. The van der Waals surface area contributed by atoms with Crippen LogP contribution in [-0.4, -0.2) is 54.7 Å². The van der Waals surface area contributed by atoms with Crippen LogP contribution >= 0.6 is 0 Å². The summed E-state index contributed by atoms with van der Waals surface area (Å²) in [5.74, 6) is 1.26. The van der Waals surface area contributed by atoms with E-state index >= 15 is 0 Å². The zero-order valence-corrected chi connectivity index (χ0v) is 16.9. The van der Waals surface area contributed by atoms with E-state index in [1.165, 1.54) is 12.8 Å². The van der Waals surface area contributed by atoms with Crippen LogP contribution < -0.4 is 10.6 Å². The highest BCUT2D eigenvalue weighted by Gasteiger charge is 2.25. The molecule has 0 aromatic heterocycles. The molecule has 1 aliphatic heterocycles. The smallest absolute Gasteiger partial charge is 0.407 e. The number of carbonyl (C=O) groups excluding carboxylic acids is 2. The molecule has 0 aromatic carbocycles. The van der Waals surface area contributed by atoms with E-state index in [9.17, 15) is 9.59 Å². The van der Waals surface area contributed by atoms with E-state index < -0.39 is 11.7 Å². The molecule has 0 bridgehead atoms. The standard InChI is InChI=1S/C19H37N3O3/c1-14(2)16(22-11-8-15(3)9-12-22)13-21-17(23)7-10-20-18(24)25-19(4,5)6/h14-16H,7-13H2,1-6H3,(H,20,24)(H,21,23)/t16-/m0/s1. The summed E-state index contributed by atoms with van der Waals surface area (Å²) in [6, 6.07) is 0.371. The van der Waals surface area contributed by atoms with E-state index in [2.05, 4.69) is 36.3 Å². The van der Waals surface area contributed by atoms with E-state index in [0.717, 1.165) is 19.0 Å². The van der Waals surface area contributed by atoms with Crippen LogP contribution in [0, 0.1) is 11.8 Å². The van der Waals surface area contributed by atoms with Gasteiger partial charge >= 0.3 is 6.09 Å². The molecule has 1 rings (SSSR count). The van der Waals surface area contributed by atoms with Crippen molar-refractivity contribution in [1.82, 2.24) is 15.5 Å². The lowest BCUT2D eigenvalue weighted by Gasteiger charge is -2.38. The summed E-state index contributed by atoms with van der Waals surface area (Å²) in [7, 11) is 0. The minimum absolute atomic E-state index is 0.0351. The fourth-order valence-corrected chi connectivity index (χ4v) is 3.05. The zero-order valence-electron chi connectivity index (χ0n) is 16.9. The molecule has 1 saturated heterocycles. The number of amides is 2. The summed E-state index contributed by atoms with van der Waals surface area (Å²) >= 11 is 0. The molecular formula is C19H37N3O3. The van der Waals surface area contributed by atoms with E-state index in [-0.39, 0.29) is 18.9 Å². The maximum atomic E-state index is 12.0. The van der Waals surface area contributed by atoms with Crippen LogP contribution in [0.25, 0.3) is 0 Å². The van der Waals surface area contributed by atoms with Crippen LogP contribution in [0.1, 0.15) is 60.8 Å². The van der Waals surface area contributed by atoms with Crippen molar-refractivity contribution in [1.29, 1.82) is 0 Å². The SMILES string of the molecule is CC1CCN([C@@H](CNC(=O)CCNC(=O)OC(C)(C)C)C(C)C)CC1. The Morgan fingerprint density at radius 3 is 2.28 bits per heavy atom. The minimum atomic E-state index is -0.525. The summed E-state index contributed by atoms with van der Waals surface area (Å²) in [4.78, 5) is 26.1. The first-order valence-corrected chi connectivity index (χ1v) is 9.56. The van der Waals surface area contributed by atoms with Gasteiger partial charge in [0.2, 0.25) is 5.91 Å². The van der Waals surface area contributed by atoms with Crippen LogP contribution in [0.3, 0.4) is 0 Å². The van der Waals surface area contributed by atoms with Crippen molar-refractivity contribution in [3.63, 3.8) is 0 Å². The van der Waals surface area contributed by atoms with Crippen LogP contribution in [-0.2, 0) is 9.53 Å². The number of nitrogens with one attached hydrogen (secondary N) is 2. The van der Waals surface area contributed by atoms with Gasteiger partial charge in [0, 0.05) is 25.6 Å². The highest BCUT2D eigenvalue weighted by atomic mass is 16.6. The number of rotatable bonds is 7. The Balaban J connectivity index is 2.29. The maximum Gasteiger partial charge on any atom is 0.407 e. The van der Waals surface area contributed by atoms with Crippen molar-refractivity contribution in [3.05, 3.63) is 0 Å². The molecule has 1 atom stereocenters.